The molecule has 1 aliphatic carbocycles. The Morgan fingerprint density at radius 3 is 2.30 bits per heavy atom. The highest BCUT2D eigenvalue weighted by Crippen LogP contribution is 2.30. The van der Waals surface area contributed by atoms with E-state index in [1.165, 1.54) is 44.9 Å². The van der Waals surface area contributed by atoms with Gasteiger partial charge in [-0.25, -0.2) is 0 Å². The number of rotatable bonds is 4. The largest absolute Gasteiger partial charge is 0.381 e. The van der Waals surface area contributed by atoms with E-state index in [-0.39, 0.29) is 11.3 Å². The summed E-state index contributed by atoms with van der Waals surface area (Å²) in [5.74, 6) is 0.819. The molecule has 0 unspecified atom stereocenters. The molecule has 0 aromatic carbocycles. The number of carbonyl (C=O) groups is 1. The number of hydrogen-bond acceptors (Lipinski definition) is 3. The third-order valence-electron chi connectivity index (χ3n) is 5.10. The smallest absolute Gasteiger partial charge is 0.227 e. The van der Waals surface area contributed by atoms with Crippen LogP contribution in [0.15, 0.2) is 0 Å². The Morgan fingerprint density at radius 2 is 1.70 bits per heavy atom. The lowest BCUT2D eigenvalue weighted by Crippen LogP contribution is -2.50. The first-order valence-electron chi connectivity index (χ1n) is 8.33. The Morgan fingerprint density at radius 1 is 1.10 bits per heavy atom. The molecule has 0 radical (unpaired) electrons. The fraction of sp³-hybridized carbons (Fsp3) is 0.938. The molecular formula is C16H30N2O2. The average molecular weight is 282 g/mol. The van der Waals surface area contributed by atoms with Crippen LogP contribution in [0, 0.1) is 11.3 Å². The van der Waals surface area contributed by atoms with Crippen LogP contribution in [-0.4, -0.2) is 32.2 Å². The van der Waals surface area contributed by atoms with Gasteiger partial charge in [-0.2, -0.15) is 0 Å². The van der Waals surface area contributed by atoms with E-state index in [1.807, 2.05) is 0 Å². The highest BCUT2D eigenvalue weighted by Gasteiger charge is 2.38. The van der Waals surface area contributed by atoms with Crippen molar-refractivity contribution < 1.29 is 9.53 Å². The van der Waals surface area contributed by atoms with Gasteiger partial charge >= 0.3 is 0 Å². The Hall–Kier alpha value is -0.610. The van der Waals surface area contributed by atoms with Crippen molar-refractivity contribution in [3.63, 3.8) is 0 Å². The van der Waals surface area contributed by atoms with E-state index in [4.69, 9.17) is 10.5 Å². The molecule has 2 rings (SSSR count). The van der Waals surface area contributed by atoms with Crippen LogP contribution < -0.4 is 11.1 Å². The minimum absolute atomic E-state index is 0.158. The number of ether oxygens (including phenoxy) is 1. The first kappa shape index (κ1) is 15.8. The van der Waals surface area contributed by atoms with E-state index < -0.39 is 0 Å². The van der Waals surface area contributed by atoms with Crippen molar-refractivity contribution in [1.82, 2.24) is 5.32 Å². The van der Waals surface area contributed by atoms with Gasteiger partial charge in [0.15, 0.2) is 0 Å². The maximum absolute atomic E-state index is 12.5. The molecule has 0 atom stereocenters. The number of nitrogens with one attached hydrogen (secondary N) is 1. The zero-order valence-electron chi connectivity index (χ0n) is 12.7. The molecule has 116 valence electrons. The zero-order valence-corrected chi connectivity index (χ0v) is 12.7. The summed E-state index contributed by atoms with van der Waals surface area (Å²) < 4.78 is 5.37. The quantitative estimate of drug-likeness (QED) is 0.831. The standard InChI is InChI=1S/C16H30N2O2/c17-13-16(8-10-20-11-9-16)15(19)18-12-14-6-4-2-1-3-5-7-14/h14H,1-13,17H2,(H,18,19). The summed E-state index contributed by atoms with van der Waals surface area (Å²) in [7, 11) is 0. The molecule has 0 aromatic heterocycles. The second kappa shape index (κ2) is 7.99. The number of carbonyl (C=O) groups excluding carboxylic acids is 1. The van der Waals surface area contributed by atoms with Crippen molar-refractivity contribution in [3.8, 4) is 0 Å². The zero-order chi connectivity index (χ0) is 14.3. The SMILES string of the molecule is NCC1(C(=O)NCC2CCCCCCC2)CCOCC1. The lowest BCUT2D eigenvalue weighted by atomic mass is 9.79. The summed E-state index contributed by atoms with van der Waals surface area (Å²) in [6.45, 7) is 2.59. The van der Waals surface area contributed by atoms with E-state index in [2.05, 4.69) is 5.32 Å². The summed E-state index contributed by atoms with van der Waals surface area (Å²) in [6.07, 6.45) is 10.8. The van der Waals surface area contributed by atoms with Crippen LogP contribution in [0.5, 0.6) is 0 Å². The maximum atomic E-state index is 12.5. The lowest BCUT2D eigenvalue weighted by Gasteiger charge is -2.35. The monoisotopic (exact) mass is 282 g/mol. The van der Waals surface area contributed by atoms with Gasteiger partial charge in [0.05, 0.1) is 5.41 Å². The van der Waals surface area contributed by atoms with Gasteiger partial charge in [0.2, 0.25) is 5.91 Å². The second-order valence-corrected chi connectivity index (χ2v) is 6.52. The van der Waals surface area contributed by atoms with E-state index >= 15 is 0 Å². The van der Waals surface area contributed by atoms with Crippen molar-refractivity contribution in [2.45, 2.75) is 57.8 Å². The highest BCUT2D eigenvalue weighted by atomic mass is 16.5. The Bertz CT molecular complexity index is 293. The van der Waals surface area contributed by atoms with Crippen molar-refractivity contribution in [2.75, 3.05) is 26.3 Å². The van der Waals surface area contributed by atoms with Crippen LogP contribution in [0.1, 0.15) is 57.8 Å². The summed E-state index contributed by atoms with van der Waals surface area (Å²) in [5, 5.41) is 3.19. The molecular weight excluding hydrogens is 252 g/mol. The third kappa shape index (κ3) is 4.19. The van der Waals surface area contributed by atoms with E-state index in [9.17, 15) is 4.79 Å². The highest BCUT2D eigenvalue weighted by molar-refractivity contribution is 5.83. The summed E-state index contributed by atoms with van der Waals surface area (Å²) in [5.41, 5.74) is 5.50. The van der Waals surface area contributed by atoms with E-state index in [0.29, 0.717) is 25.7 Å². The molecule has 2 fully saturated rings. The van der Waals surface area contributed by atoms with Gasteiger partial charge in [-0.05, 0) is 31.6 Å². The normalized spacial score (nSPS) is 24.6. The van der Waals surface area contributed by atoms with Gasteiger partial charge < -0.3 is 15.8 Å². The molecule has 0 bridgehead atoms. The van der Waals surface area contributed by atoms with Crippen LogP contribution in [-0.2, 0) is 9.53 Å². The van der Waals surface area contributed by atoms with Gasteiger partial charge in [0.1, 0.15) is 0 Å². The van der Waals surface area contributed by atoms with Crippen LogP contribution in [0.4, 0.5) is 0 Å². The van der Waals surface area contributed by atoms with Crippen LogP contribution >= 0.6 is 0 Å². The van der Waals surface area contributed by atoms with Crippen LogP contribution in [0.25, 0.3) is 0 Å². The molecule has 4 heteroatoms. The van der Waals surface area contributed by atoms with Gasteiger partial charge in [-0.3, -0.25) is 4.79 Å². The second-order valence-electron chi connectivity index (χ2n) is 6.52. The average Bonchev–Trinajstić information content (AvgIpc) is 2.46. The van der Waals surface area contributed by atoms with Crippen molar-refractivity contribution in [1.29, 1.82) is 0 Å². The molecule has 1 saturated carbocycles. The number of amides is 1. The molecule has 1 heterocycles. The fourth-order valence-electron chi connectivity index (χ4n) is 3.46. The molecule has 2 aliphatic rings. The van der Waals surface area contributed by atoms with E-state index in [0.717, 1.165) is 19.4 Å². The van der Waals surface area contributed by atoms with Crippen LogP contribution in [0.2, 0.25) is 0 Å². The third-order valence-corrected chi connectivity index (χ3v) is 5.10. The lowest BCUT2D eigenvalue weighted by molar-refractivity contribution is -0.136. The molecule has 20 heavy (non-hydrogen) atoms. The molecule has 0 aromatic rings. The molecule has 4 nitrogen and oxygen atoms in total. The topological polar surface area (TPSA) is 64.4 Å². The minimum Gasteiger partial charge on any atom is -0.381 e. The van der Waals surface area contributed by atoms with E-state index in [1.54, 1.807) is 0 Å². The summed E-state index contributed by atoms with van der Waals surface area (Å²) in [4.78, 5) is 12.5. The van der Waals surface area contributed by atoms with Gasteiger partial charge in [0, 0.05) is 26.3 Å². The number of nitrogens with two attached hydrogens (primary N) is 1. The first-order chi connectivity index (χ1) is 9.77. The van der Waals surface area contributed by atoms with Gasteiger partial charge in [-0.15, -0.1) is 0 Å². The number of hydrogen-bond donors (Lipinski definition) is 2. The minimum atomic E-state index is -0.375. The molecule has 1 aliphatic heterocycles. The molecule has 1 amide bonds. The Balaban J connectivity index is 1.80. The summed E-state index contributed by atoms with van der Waals surface area (Å²) in [6, 6.07) is 0. The van der Waals surface area contributed by atoms with Crippen molar-refractivity contribution >= 4 is 5.91 Å². The molecule has 0 spiro atoms. The Kier molecular flexibility index (Phi) is 6.30. The summed E-state index contributed by atoms with van der Waals surface area (Å²) >= 11 is 0. The maximum Gasteiger partial charge on any atom is 0.227 e. The van der Waals surface area contributed by atoms with Crippen molar-refractivity contribution in [2.24, 2.45) is 17.1 Å². The predicted molar refractivity (Wildman–Crippen MR) is 80.4 cm³/mol. The Labute approximate surface area is 122 Å². The van der Waals surface area contributed by atoms with Gasteiger partial charge in [-0.1, -0.05) is 32.1 Å². The first-order valence-corrected chi connectivity index (χ1v) is 8.33. The van der Waals surface area contributed by atoms with Crippen LogP contribution in [0.3, 0.4) is 0 Å². The fourth-order valence-corrected chi connectivity index (χ4v) is 3.46. The van der Waals surface area contributed by atoms with Crippen molar-refractivity contribution in [3.05, 3.63) is 0 Å². The van der Waals surface area contributed by atoms with Gasteiger partial charge in [0.25, 0.3) is 0 Å². The molecule has 3 N–H and O–H groups in total. The predicted octanol–water partition coefficient (Wildman–Crippen LogP) is 2.22. The molecule has 1 saturated heterocycles.